The van der Waals surface area contributed by atoms with Crippen LogP contribution in [-0.4, -0.2) is 9.78 Å². The van der Waals surface area contributed by atoms with Gasteiger partial charge in [-0.1, -0.05) is 43.2 Å². The van der Waals surface area contributed by atoms with Gasteiger partial charge in [0.15, 0.2) is 0 Å². The molecule has 0 saturated heterocycles. The lowest BCUT2D eigenvalue weighted by atomic mass is 10.0. The van der Waals surface area contributed by atoms with Gasteiger partial charge in [0.1, 0.15) is 0 Å². The summed E-state index contributed by atoms with van der Waals surface area (Å²) in [6.45, 7) is 0. The number of hydrogen-bond acceptors (Lipinski definition) is 2. The van der Waals surface area contributed by atoms with Crippen LogP contribution in [0.15, 0.2) is 42.6 Å². The molecule has 2 N–H and O–H groups in total. The van der Waals surface area contributed by atoms with Gasteiger partial charge in [0.2, 0.25) is 0 Å². The molecule has 1 atom stereocenters. The number of benzene rings is 1. The van der Waals surface area contributed by atoms with Gasteiger partial charge in [-0.25, -0.2) is 0 Å². The van der Waals surface area contributed by atoms with Crippen LogP contribution in [0.2, 0.25) is 0 Å². The summed E-state index contributed by atoms with van der Waals surface area (Å²) >= 11 is 0. The summed E-state index contributed by atoms with van der Waals surface area (Å²) in [5.74, 6) is 0. The van der Waals surface area contributed by atoms with Crippen molar-refractivity contribution in [2.45, 2.75) is 57.0 Å². The van der Waals surface area contributed by atoms with Gasteiger partial charge in [0, 0.05) is 12.2 Å². The molecular weight excluding hydrogens is 258 g/mol. The van der Waals surface area contributed by atoms with Crippen molar-refractivity contribution >= 4 is 0 Å². The summed E-state index contributed by atoms with van der Waals surface area (Å²) in [5.41, 5.74) is 8.68. The topological polar surface area (TPSA) is 43.8 Å². The van der Waals surface area contributed by atoms with E-state index in [2.05, 4.69) is 41.2 Å². The quantitative estimate of drug-likeness (QED) is 0.870. The summed E-state index contributed by atoms with van der Waals surface area (Å²) in [6, 6.07) is 13.3. The predicted molar refractivity (Wildman–Crippen MR) is 86.0 cm³/mol. The number of aryl methyl sites for hydroxylation is 1. The number of hydrogen-bond donors (Lipinski definition) is 1. The van der Waals surface area contributed by atoms with E-state index in [1.807, 2.05) is 6.07 Å². The highest BCUT2D eigenvalue weighted by molar-refractivity contribution is 5.18. The minimum Gasteiger partial charge on any atom is -0.324 e. The molecule has 1 unspecified atom stereocenters. The average molecular weight is 283 g/mol. The Morgan fingerprint density at radius 2 is 1.90 bits per heavy atom. The molecule has 3 rings (SSSR count). The van der Waals surface area contributed by atoms with Gasteiger partial charge in [-0.05, 0) is 43.7 Å². The van der Waals surface area contributed by atoms with Crippen molar-refractivity contribution in [3.8, 4) is 0 Å². The number of nitrogens with zero attached hydrogens (tertiary/aromatic N) is 2. The monoisotopic (exact) mass is 283 g/mol. The Kier molecular flexibility index (Phi) is 4.71. The second-order valence-electron chi connectivity index (χ2n) is 6.13. The van der Waals surface area contributed by atoms with Crippen LogP contribution < -0.4 is 5.73 Å². The number of aromatic nitrogens is 2. The first kappa shape index (κ1) is 14.3. The maximum Gasteiger partial charge on any atom is 0.0624 e. The lowest BCUT2D eigenvalue weighted by Gasteiger charge is -2.11. The van der Waals surface area contributed by atoms with Crippen molar-refractivity contribution in [3.63, 3.8) is 0 Å². The first-order chi connectivity index (χ1) is 10.3. The molecule has 0 amide bonds. The molecule has 3 heteroatoms. The molecule has 1 heterocycles. The lowest BCUT2D eigenvalue weighted by Crippen LogP contribution is -2.10. The molecule has 0 radical (unpaired) electrons. The molecule has 1 aromatic carbocycles. The molecule has 2 aromatic rings. The van der Waals surface area contributed by atoms with Crippen LogP contribution in [0.3, 0.4) is 0 Å². The first-order valence-electron chi connectivity index (χ1n) is 8.17. The fraction of sp³-hybridized carbons (Fsp3) is 0.500. The van der Waals surface area contributed by atoms with Crippen LogP contribution in [-0.2, 0) is 6.42 Å². The van der Waals surface area contributed by atoms with E-state index < -0.39 is 0 Å². The van der Waals surface area contributed by atoms with Crippen molar-refractivity contribution in [2.75, 3.05) is 0 Å². The van der Waals surface area contributed by atoms with E-state index in [1.54, 1.807) is 0 Å². The highest BCUT2D eigenvalue weighted by Gasteiger charge is 2.17. The van der Waals surface area contributed by atoms with Crippen LogP contribution in [0.25, 0.3) is 0 Å². The van der Waals surface area contributed by atoms with Crippen LogP contribution in [0.4, 0.5) is 0 Å². The van der Waals surface area contributed by atoms with Crippen molar-refractivity contribution < 1.29 is 0 Å². The maximum absolute atomic E-state index is 6.24. The van der Waals surface area contributed by atoms with E-state index in [0.717, 1.165) is 19.3 Å². The molecular formula is C18H25N3. The third-order valence-electron chi connectivity index (χ3n) is 4.54. The average Bonchev–Trinajstić information content (AvgIpc) is 3.19. The Labute approximate surface area is 127 Å². The zero-order valence-corrected chi connectivity index (χ0v) is 12.6. The van der Waals surface area contributed by atoms with Crippen molar-refractivity contribution in [1.82, 2.24) is 9.78 Å². The lowest BCUT2D eigenvalue weighted by molar-refractivity contribution is 0.461. The summed E-state index contributed by atoms with van der Waals surface area (Å²) in [7, 11) is 0. The Morgan fingerprint density at radius 3 is 2.67 bits per heavy atom. The molecule has 1 saturated carbocycles. The Morgan fingerprint density at radius 1 is 1.14 bits per heavy atom. The van der Waals surface area contributed by atoms with Crippen LogP contribution in [0, 0.1) is 0 Å². The largest absolute Gasteiger partial charge is 0.324 e. The zero-order chi connectivity index (χ0) is 14.5. The first-order valence-corrected chi connectivity index (χ1v) is 8.17. The summed E-state index contributed by atoms with van der Waals surface area (Å²) in [5, 5.41) is 4.74. The molecule has 1 aliphatic carbocycles. The molecule has 1 fully saturated rings. The normalized spacial score (nSPS) is 17.2. The fourth-order valence-corrected chi connectivity index (χ4v) is 3.25. The van der Waals surface area contributed by atoms with Crippen LogP contribution >= 0.6 is 0 Å². The van der Waals surface area contributed by atoms with Gasteiger partial charge < -0.3 is 5.73 Å². The van der Waals surface area contributed by atoms with Crippen molar-refractivity contribution in [3.05, 3.63) is 53.9 Å². The van der Waals surface area contributed by atoms with Gasteiger partial charge in [-0.2, -0.15) is 5.10 Å². The number of rotatable bonds is 6. The molecule has 0 spiro atoms. The predicted octanol–water partition coefficient (Wildman–Crippen LogP) is 4.02. The van der Waals surface area contributed by atoms with Gasteiger partial charge in [-0.3, -0.25) is 4.68 Å². The Bertz CT molecular complexity index is 541. The van der Waals surface area contributed by atoms with Crippen LogP contribution in [0.5, 0.6) is 0 Å². The van der Waals surface area contributed by atoms with Crippen molar-refractivity contribution in [2.24, 2.45) is 5.73 Å². The minimum atomic E-state index is 0.142. The van der Waals surface area contributed by atoms with E-state index >= 15 is 0 Å². The highest BCUT2D eigenvalue weighted by Crippen LogP contribution is 2.28. The van der Waals surface area contributed by atoms with E-state index in [1.165, 1.54) is 36.9 Å². The minimum absolute atomic E-state index is 0.142. The summed E-state index contributed by atoms with van der Waals surface area (Å²) in [4.78, 5) is 0. The zero-order valence-electron chi connectivity index (χ0n) is 12.6. The van der Waals surface area contributed by atoms with E-state index in [4.69, 9.17) is 10.8 Å². The van der Waals surface area contributed by atoms with Gasteiger partial charge in [0.25, 0.3) is 0 Å². The van der Waals surface area contributed by atoms with E-state index in [0.29, 0.717) is 6.04 Å². The molecule has 112 valence electrons. The smallest absolute Gasteiger partial charge is 0.0624 e. The fourth-order valence-electron chi connectivity index (χ4n) is 3.25. The Balaban J connectivity index is 1.47. The summed E-state index contributed by atoms with van der Waals surface area (Å²) < 4.78 is 2.18. The van der Waals surface area contributed by atoms with E-state index in [-0.39, 0.29) is 6.04 Å². The van der Waals surface area contributed by atoms with E-state index in [9.17, 15) is 0 Å². The third kappa shape index (κ3) is 3.73. The molecule has 0 bridgehead atoms. The SMILES string of the molecule is NC(CCCc1ccn(C2CCCC2)n1)c1ccccc1. The molecule has 21 heavy (non-hydrogen) atoms. The van der Waals surface area contributed by atoms with Crippen molar-refractivity contribution in [1.29, 1.82) is 0 Å². The molecule has 1 aliphatic rings. The molecule has 1 aromatic heterocycles. The summed E-state index contributed by atoms with van der Waals surface area (Å²) in [6.07, 6.45) is 10.6. The maximum atomic E-state index is 6.24. The second kappa shape index (κ2) is 6.90. The second-order valence-corrected chi connectivity index (χ2v) is 6.13. The third-order valence-corrected chi connectivity index (χ3v) is 4.54. The van der Waals surface area contributed by atoms with Crippen LogP contribution in [0.1, 0.15) is 61.9 Å². The number of nitrogens with two attached hydrogens (primary N) is 1. The molecule has 0 aliphatic heterocycles. The van der Waals surface area contributed by atoms with Gasteiger partial charge >= 0.3 is 0 Å². The standard InChI is InChI=1S/C18H25N3/c19-18(15-7-2-1-3-8-15)12-6-9-16-13-14-21(20-16)17-10-4-5-11-17/h1-3,7-8,13-14,17-18H,4-6,9-12,19H2. The van der Waals surface area contributed by atoms with Gasteiger partial charge in [0.05, 0.1) is 11.7 Å². The Hall–Kier alpha value is -1.61. The van der Waals surface area contributed by atoms with Gasteiger partial charge in [-0.15, -0.1) is 0 Å². The molecule has 3 nitrogen and oxygen atoms in total. The highest BCUT2D eigenvalue weighted by atomic mass is 15.3.